The normalized spacial score (nSPS) is 20.7. The van der Waals surface area contributed by atoms with Gasteiger partial charge in [0, 0.05) is 13.2 Å². The number of fused-ring (bicyclic) bond motifs is 1. The van der Waals surface area contributed by atoms with Crippen LogP contribution in [0.15, 0.2) is 36.7 Å². The van der Waals surface area contributed by atoms with E-state index in [1.165, 1.54) is 11.1 Å². The van der Waals surface area contributed by atoms with Gasteiger partial charge in [0.1, 0.15) is 0 Å². The Kier molecular flexibility index (Phi) is 4.01. The maximum absolute atomic E-state index is 12.5. The molecule has 4 heteroatoms. The molecule has 1 aromatic carbocycles. The van der Waals surface area contributed by atoms with Crippen LogP contribution in [0.5, 0.6) is 0 Å². The van der Waals surface area contributed by atoms with E-state index in [0.29, 0.717) is 17.4 Å². The van der Waals surface area contributed by atoms with Crippen LogP contribution in [0.3, 0.4) is 0 Å². The predicted octanol–water partition coefficient (Wildman–Crippen LogP) is 3.11. The predicted molar refractivity (Wildman–Crippen MR) is 86.5 cm³/mol. The fraction of sp³-hybridized carbons (Fsp3) is 0.444. The third-order valence-corrected chi connectivity index (χ3v) is 4.68. The molecule has 0 unspecified atom stereocenters. The summed E-state index contributed by atoms with van der Waals surface area (Å²) in [5, 5.41) is 7.33. The summed E-state index contributed by atoms with van der Waals surface area (Å²) in [6, 6.07) is 8.55. The van der Waals surface area contributed by atoms with Gasteiger partial charge in [0.15, 0.2) is 0 Å². The van der Waals surface area contributed by atoms with E-state index in [-0.39, 0.29) is 11.9 Å². The quantitative estimate of drug-likeness (QED) is 0.946. The summed E-state index contributed by atoms with van der Waals surface area (Å²) in [5.41, 5.74) is 3.24. The monoisotopic (exact) mass is 297 g/mol. The average molecular weight is 297 g/mol. The van der Waals surface area contributed by atoms with Gasteiger partial charge < -0.3 is 5.32 Å². The molecule has 0 aliphatic heterocycles. The Morgan fingerprint density at radius 3 is 2.82 bits per heavy atom. The molecule has 0 saturated carbocycles. The maximum Gasteiger partial charge on any atom is 0.254 e. The molecule has 1 aliphatic rings. The molecule has 1 amide bonds. The van der Waals surface area contributed by atoms with Gasteiger partial charge in [-0.25, -0.2) is 0 Å². The van der Waals surface area contributed by atoms with Crippen molar-refractivity contribution in [2.24, 2.45) is 18.9 Å². The maximum atomic E-state index is 12.5. The van der Waals surface area contributed by atoms with Crippen molar-refractivity contribution in [3.8, 4) is 0 Å². The summed E-state index contributed by atoms with van der Waals surface area (Å²) >= 11 is 0. The standard InChI is InChI=1S/C18H23N3O/c1-12(2)15-9-8-13-6-4-5-7-16(13)17(15)20-18(22)14-10-19-21(3)11-14/h4-7,10-12,15,17H,8-9H2,1-3H3,(H,20,22)/t15-,17+/m0/s1. The SMILES string of the molecule is CC(C)[C@@H]1CCc2ccccc2[C@@H]1NC(=O)c1cnn(C)c1. The second-order valence-corrected chi connectivity index (χ2v) is 6.50. The summed E-state index contributed by atoms with van der Waals surface area (Å²) in [6.07, 6.45) is 5.59. The number of carbonyl (C=O) groups excluding carboxylic acids is 1. The van der Waals surface area contributed by atoms with Crippen molar-refractivity contribution in [1.82, 2.24) is 15.1 Å². The average Bonchev–Trinajstić information content (AvgIpc) is 2.94. The molecule has 3 rings (SSSR count). The van der Waals surface area contributed by atoms with Crippen molar-refractivity contribution in [1.29, 1.82) is 0 Å². The van der Waals surface area contributed by atoms with Crippen molar-refractivity contribution < 1.29 is 4.79 Å². The van der Waals surface area contributed by atoms with Crippen LogP contribution in [0.4, 0.5) is 0 Å². The number of nitrogens with zero attached hydrogens (tertiary/aromatic N) is 2. The smallest absolute Gasteiger partial charge is 0.254 e. The minimum absolute atomic E-state index is 0.0412. The molecule has 0 fully saturated rings. The van der Waals surface area contributed by atoms with Crippen LogP contribution in [0, 0.1) is 11.8 Å². The van der Waals surface area contributed by atoms with Gasteiger partial charge in [-0.3, -0.25) is 9.48 Å². The first-order valence-electron chi connectivity index (χ1n) is 7.93. The molecule has 4 nitrogen and oxygen atoms in total. The van der Waals surface area contributed by atoms with Gasteiger partial charge in [0.05, 0.1) is 17.8 Å². The molecule has 0 spiro atoms. The van der Waals surface area contributed by atoms with Crippen molar-refractivity contribution in [2.75, 3.05) is 0 Å². The fourth-order valence-electron chi connectivity index (χ4n) is 3.45. The van der Waals surface area contributed by atoms with Crippen molar-refractivity contribution >= 4 is 5.91 Å². The van der Waals surface area contributed by atoms with Crippen molar-refractivity contribution in [3.63, 3.8) is 0 Å². The van der Waals surface area contributed by atoms with E-state index >= 15 is 0 Å². The zero-order valence-electron chi connectivity index (χ0n) is 13.4. The molecule has 2 aromatic rings. The van der Waals surface area contributed by atoms with Crippen LogP contribution in [-0.4, -0.2) is 15.7 Å². The third-order valence-electron chi connectivity index (χ3n) is 4.68. The van der Waals surface area contributed by atoms with E-state index in [1.807, 2.05) is 7.05 Å². The number of carbonyl (C=O) groups is 1. The number of hydrogen-bond donors (Lipinski definition) is 1. The van der Waals surface area contributed by atoms with Gasteiger partial charge in [-0.1, -0.05) is 38.1 Å². The highest BCUT2D eigenvalue weighted by Gasteiger charge is 2.32. The second-order valence-electron chi connectivity index (χ2n) is 6.50. The van der Waals surface area contributed by atoms with E-state index in [9.17, 15) is 4.79 Å². The number of rotatable bonds is 3. The third kappa shape index (κ3) is 2.78. The summed E-state index contributed by atoms with van der Waals surface area (Å²) in [7, 11) is 1.82. The number of aryl methyl sites for hydroxylation is 2. The second kappa shape index (κ2) is 5.95. The highest BCUT2D eigenvalue weighted by molar-refractivity contribution is 5.94. The lowest BCUT2D eigenvalue weighted by molar-refractivity contribution is 0.0904. The minimum Gasteiger partial charge on any atom is -0.345 e. The van der Waals surface area contributed by atoms with Gasteiger partial charge in [-0.2, -0.15) is 5.10 Å². The first-order chi connectivity index (χ1) is 10.6. The molecule has 1 N–H and O–H groups in total. The molecule has 22 heavy (non-hydrogen) atoms. The molecular formula is C18H23N3O. The van der Waals surface area contributed by atoms with Crippen LogP contribution in [0.2, 0.25) is 0 Å². The number of aromatic nitrogens is 2. The van der Waals surface area contributed by atoms with Gasteiger partial charge in [-0.05, 0) is 35.8 Å². The summed E-state index contributed by atoms with van der Waals surface area (Å²) < 4.78 is 1.66. The number of nitrogens with one attached hydrogen (secondary N) is 1. The first kappa shape index (κ1) is 14.8. The van der Waals surface area contributed by atoms with Crippen LogP contribution in [-0.2, 0) is 13.5 Å². The van der Waals surface area contributed by atoms with Crippen molar-refractivity contribution in [3.05, 3.63) is 53.3 Å². The van der Waals surface area contributed by atoms with E-state index in [2.05, 4.69) is 48.5 Å². The first-order valence-corrected chi connectivity index (χ1v) is 7.93. The molecule has 1 heterocycles. The molecule has 0 bridgehead atoms. The Morgan fingerprint density at radius 1 is 1.36 bits per heavy atom. The lowest BCUT2D eigenvalue weighted by atomic mass is 9.74. The Labute approximate surface area is 131 Å². The topological polar surface area (TPSA) is 46.9 Å². The van der Waals surface area contributed by atoms with E-state index in [1.54, 1.807) is 17.1 Å². The molecule has 1 aromatic heterocycles. The lowest BCUT2D eigenvalue weighted by Crippen LogP contribution is -2.38. The highest BCUT2D eigenvalue weighted by Crippen LogP contribution is 2.38. The lowest BCUT2D eigenvalue weighted by Gasteiger charge is -2.36. The Bertz CT molecular complexity index is 674. The Balaban J connectivity index is 1.89. The van der Waals surface area contributed by atoms with Crippen LogP contribution < -0.4 is 5.32 Å². The van der Waals surface area contributed by atoms with E-state index in [0.717, 1.165) is 12.8 Å². The molecular weight excluding hydrogens is 274 g/mol. The molecule has 0 saturated heterocycles. The van der Waals surface area contributed by atoms with Gasteiger partial charge in [0.2, 0.25) is 0 Å². The number of hydrogen-bond acceptors (Lipinski definition) is 2. The minimum atomic E-state index is -0.0412. The zero-order valence-corrected chi connectivity index (χ0v) is 13.4. The number of amides is 1. The number of benzene rings is 1. The Morgan fingerprint density at radius 2 is 2.14 bits per heavy atom. The summed E-state index contributed by atoms with van der Waals surface area (Å²) in [6.45, 7) is 4.48. The van der Waals surface area contributed by atoms with Crippen LogP contribution >= 0.6 is 0 Å². The summed E-state index contributed by atoms with van der Waals surface area (Å²) in [5.74, 6) is 0.962. The zero-order chi connectivity index (χ0) is 15.7. The Hall–Kier alpha value is -2.10. The molecule has 2 atom stereocenters. The van der Waals surface area contributed by atoms with Gasteiger partial charge in [-0.15, -0.1) is 0 Å². The van der Waals surface area contributed by atoms with E-state index < -0.39 is 0 Å². The van der Waals surface area contributed by atoms with Crippen molar-refractivity contribution in [2.45, 2.75) is 32.7 Å². The molecule has 116 valence electrons. The van der Waals surface area contributed by atoms with Gasteiger partial charge in [0.25, 0.3) is 5.91 Å². The molecule has 1 aliphatic carbocycles. The fourth-order valence-corrected chi connectivity index (χ4v) is 3.45. The van der Waals surface area contributed by atoms with Gasteiger partial charge >= 0.3 is 0 Å². The van der Waals surface area contributed by atoms with Crippen LogP contribution in [0.1, 0.15) is 47.8 Å². The highest BCUT2D eigenvalue weighted by atomic mass is 16.1. The molecule has 0 radical (unpaired) electrons. The summed E-state index contributed by atoms with van der Waals surface area (Å²) in [4.78, 5) is 12.5. The van der Waals surface area contributed by atoms with Crippen LogP contribution in [0.25, 0.3) is 0 Å². The largest absolute Gasteiger partial charge is 0.345 e. The van der Waals surface area contributed by atoms with E-state index in [4.69, 9.17) is 0 Å².